The summed E-state index contributed by atoms with van der Waals surface area (Å²) in [6.07, 6.45) is 1.76. The predicted octanol–water partition coefficient (Wildman–Crippen LogP) is 0.907. The summed E-state index contributed by atoms with van der Waals surface area (Å²) in [7, 11) is 0. The SMILES string of the molecule is NC(=O)CCN1CCC[C@@](O)(COc2ccc(F)cc2)C1. The zero-order valence-corrected chi connectivity index (χ0v) is 11.9. The summed E-state index contributed by atoms with van der Waals surface area (Å²) in [4.78, 5) is 12.8. The van der Waals surface area contributed by atoms with Crippen LogP contribution in [0.5, 0.6) is 5.75 Å². The van der Waals surface area contributed by atoms with E-state index >= 15 is 0 Å². The summed E-state index contributed by atoms with van der Waals surface area (Å²) in [6, 6.07) is 5.71. The average Bonchev–Trinajstić information content (AvgIpc) is 2.45. The quantitative estimate of drug-likeness (QED) is 0.818. The third kappa shape index (κ3) is 4.99. The van der Waals surface area contributed by atoms with Gasteiger partial charge in [0.1, 0.15) is 23.8 Å². The van der Waals surface area contributed by atoms with E-state index in [1.807, 2.05) is 4.90 Å². The van der Waals surface area contributed by atoms with Crippen LogP contribution >= 0.6 is 0 Å². The van der Waals surface area contributed by atoms with E-state index in [1.165, 1.54) is 24.3 Å². The molecule has 0 saturated carbocycles. The molecule has 2 rings (SSSR count). The molecule has 1 aliphatic rings. The number of carbonyl (C=O) groups excluding carboxylic acids is 1. The maximum Gasteiger partial charge on any atom is 0.218 e. The summed E-state index contributed by atoms with van der Waals surface area (Å²) in [6.45, 7) is 1.98. The van der Waals surface area contributed by atoms with Crippen LogP contribution in [0.1, 0.15) is 19.3 Å². The third-order valence-electron chi connectivity index (χ3n) is 3.63. The zero-order chi connectivity index (χ0) is 15.3. The first-order valence-electron chi connectivity index (χ1n) is 7.08. The molecule has 1 aromatic rings. The maximum absolute atomic E-state index is 12.8. The van der Waals surface area contributed by atoms with Gasteiger partial charge < -0.3 is 15.6 Å². The van der Waals surface area contributed by atoms with Gasteiger partial charge in [0.15, 0.2) is 0 Å². The average molecular weight is 296 g/mol. The molecule has 0 radical (unpaired) electrons. The van der Waals surface area contributed by atoms with Gasteiger partial charge >= 0.3 is 0 Å². The van der Waals surface area contributed by atoms with Gasteiger partial charge in [-0.15, -0.1) is 0 Å². The predicted molar refractivity (Wildman–Crippen MR) is 76.3 cm³/mol. The summed E-state index contributed by atoms with van der Waals surface area (Å²) in [5, 5.41) is 10.6. The Morgan fingerprint density at radius 2 is 2.14 bits per heavy atom. The van der Waals surface area contributed by atoms with Crippen molar-refractivity contribution < 1.29 is 19.0 Å². The number of primary amides is 1. The molecule has 1 fully saturated rings. The highest BCUT2D eigenvalue weighted by molar-refractivity contribution is 5.73. The van der Waals surface area contributed by atoms with Crippen LogP contribution < -0.4 is 10.5 Å². The lowest BCUT2D eigenvalue weighted by atomic mass is 9.93. The van der Waals surface area contributed by atoms with Gasteiger partial charge in [-0.2, -0.15) is 0 Å². The molecular formula is C15H21FN2O3. The molecule has 0 aromatic heterocycles. The third-order valence-corrected chi connectivity index (χ3v) is 3.63. The first-order chi connectivity index (χ1) is 9.97. The fraction of sp³-hybridized carbons (Fsp3) is 0.533. The van der Waals surface area contributed by atoms with Crippen LogP contribution in [-0.2, 0) is 4.79 Å². The van der Waals surface area contributed by atoms with Crippen molar-refractivity contribution in [2.45, 2.75) is 24.9 Å². The fourth-order valence-corrected chi connectivity index (χ4v) is 2.53. The van der Waals surface area contributed by atoms with E-state index in [9.17, 15) is 14.3 Å². The van der Waals surface area contributed by atoms with Crippen LogP contribution in [-0.4, -0.2) is 47.8 Å². The van der Waals surface area contributed by atoms with Gasteiger partial charge in [-0.05, 0) is 43.7 Å². The number of rotatable bonds is 6. The van der Waals surface area contributed by atoms with Crippen molar-refractivity contribution >= 4 is 5.91 Å². The second-order valence-corrected chi connectivity index (χ2v) is 5.56. The minimum Gasteiger partial charge on any atom is -0.491 e. The van der Waals surface area contributed by atoms with E-state index in [0.717, 1.165) is 13.0 Å². The van der Waals surface area contributed by atoms with Crippen molar-refractivity contribution in [1.29, 1.82) is 0 Å². The monoisotopic (exact) mass is 296 g/mol. The fourth-order valence-electron chi connectivity index (χ4n) is 2.53. The van der Waals surface area contributed by atoms with Gasteiger partial charge in [-0.1, -0.05) is 0 Å². The van der Waals surface area contributed by atoms with E-state index in [1.54, 1.807) is 0 Å². The molecule has 0 bridgehead atoms. The number of carbonyl (C=O) groups is 1. The van der Waals surface area contributed by atoms with Crippen molar-refractivity contribution in [3.63, 3.8) is 0 Å². The number of amides is 1. The van der Waals surface area contributed by atoms with Gasteiger partial charge in [0.2, 0.25) is 5.91 Å². The van der Waals surface area contributed by atoms with E-state index in [4.69, 9.17) is 10.5 Å². The minimum atomic E-state index is -0.954. The van der Waals surface area contributed by atoms with Gasteiger partial charge in [-0.25, -0.2) is 4.39 Å². The number of hydrogen-bond acceptors (Lipinski definition) is 4. The molecule has 1 saturated heterocycles. The Kier molecular flexibility index (Phi) is 5.14. The number of nitrogens with zero attached hydrogens (tertiary/aromatic N) is 1. The van der Waals surface area contributed by atoms with E-state index < -0.39 is 5.60 Å². The number of benzene rings is 1. The van der Waals surface area contributed by atoms with Gasteiger partial charge in [0.05, 0.1) is 0 Å². The topological polar surface area (TPSA) is 75.8 Å². The number of ether oxygens (including phenoxy) is 1. The normalized spacial score (nSPS) is 23.0. The van der Waals surface area contributed by atoms with Crippen LogP contribution in [0.25, 0.3) is 0 Å². The molecule has 1 heterocycles. The Balaban J connectivity index is 1.85. The molecule has 21 heavy (non-hydrogen) atoms. The smallest absolute Gasteiger partial charge is 0.218 e. The Bertz CT molecular complexity index is 480. The number of aliphatic hydroxyl groups is 1. The molecule has 0 spiro atoms. The standard InChI is InChI=1S/C15H21FN2O3/c16-12-2-4-13(5-3-12)21-11-15(20)7-1-8-18(10-15)9-6-14(17)19/h2-5,20H,1,6-11H2,(H2,17,19)/t15-/m0/s1. The molecule has 3 N–H and O–H groups in total. The molecule has 0 unspecified atom stereocenters. The molecule has 5 nitrogen and oxygen atoms in total. The van der Waals surface area contributed by atoms with Crippen molar-refractivity contribution in [2.75, 3.05) is 26.2 Å². The molecular weight excluding hydrogens is 275 g/mol. The molecule has 116 valence electrons. The number of likely N-dealkylation sites (tertiary alicyclic amines) is 1. The second-order valence-electron chi connectivity index (χ2n) is 5.56. The minimum absolute atomic E-state index is 0.145. The van der Waals surface area contributed by atoms with Crippen LogP contribution in [0.15, 0.2) is 24.3 Å². The maximum atomic E-state index is 12.8. The summed E-state index contributed by atoms with van der Waals surface area (Å²) in [5.41, 5.74) is 4.19. The zero-order valence-electron chi connectivity index (χ0n) is 11.9. The Morgan fingerprint density at radius 3 is 2.81 bits per heavy atom. The van der Waals surface area contributed by atoms with Crippen LogP contribution in [0.4, 0.5) is 4.39 Å². The van der Waals surface area contributed by atoms with Crippen LogP contribution in [0, 0.1) is 5.82 Å². The van der Waals surface area contributed by atoms with Gasteiger partial charge in [0.25, 0.3) is 0 Å². The summed E-state index contributed by atoms with van der Waals surface area (Å²) < 4.78 is 18.4. The van der Waals surface area contributed by atoms with Crippen molar-refractivity contribution in [3.05, 3.63) is 30.1 Å². The molecule has 0 aliphatic carbocycles. The van der Waals surface area contributed by atoms with Crippen LogP contribution in [0.2, 0.25) is 0 Å². The number of hydrogen-bond donors (Lipinski definition) is 2. The highest BCUT2D eigenvalue weighted by atomic mass is 19.1. The lowest BCUT2D eigenvalue weighted by Crippen LogP contribution is -2.52. The largest absolute Gasteiger partial charge is 0.491 e. The van der Waals surface area contributed by atoms with Crippen molar-refractivity contribution in [3.8, 4) is 5.75 Å². The molecule has 1 aromatic carbocycles. The lowest BCUT2D eigenvalue weighted by Gasteiger charge is -2.38. The van der Waals surface area contributed by atoms with Gasteiger partial charge in [0, 0.05) is 19.5 Å². The van der Waals surface area contributed by atoms with Crippen molar-refractivity contribution in [2.24, 2.45) is 5.73 Å². The number of nitrogens with two attached hydrogens (primary N) is 1. The summed E-state index contributed by atoms with van der Waals surface area (Å²) >= 11 is 0. The van der Waals surface area contributed by atoms with Crippen LogP contribution in [0.3, 0.4) is 0 Å². The second kappa shape index (κ2) is 6.87. The Morgan fingerprint density at radius 1 is 1.43 bits per heavy atom. The Hall–Kier alpha value is -1.66. The van der Waals surface area contributed by atoms with Gasteiger partial charge in [-0.3, -0.25) is 9.69 Å². The number of halogens is 1. The summed E-state index contributed by atoms with van der Waals surface area (Å²) in [5.74, 6) is -0.137. The highest BCUT2D eigenvalue weighted by Gasteiger charge is 2.34. The first kappa shape index (κ1) is 15.7. The Labute approximate surface area is 123 Å². The molecule has 1 aliphatic heterocycles. The number of β-amino-alcohol motifs (C(OH)–C–C–N with tert-alkyl or cyclic N) is 1. The highest BCUT2D eigenvalue weighted by Crippen LogP contribution is 2.23. The van der Waals surface area contributed by atoms with E-state index in [0.29, 0.717) is 25.3 Å². The molecule has 1 atom stereocenters. The first-order valence-corrected chi connectivity index (χ1v) is 7.08. The van der Waals surface area contributed by atoms with E-state index in [2.05, 4.69) is 0 Å². The number of piperidine rings is 1. The molecule has 6 heteroatoms. The molecule has 1 amide bonds. The lowest BCUT2D eigenvalue weighted by molar-refractivity contribution is -0.119. The van der Waals surface area contributed by atoms with E-state index in [-0.39, 0.29) is 24.8 Å². The van der Waals surface area contributed by atoms with Crippen molar-refractivity contribution in [1.82, 2.24) is 4.90 Å².